The highest BCUT2D eigenvalue weighted by Gasteiger charge is 2.19. The van der Waals surface area contributed by atoms with Crippen LogP contribution in [0, 0.1) is 11.5 Å². The number of carbonyl (C=O) groups is 1. The van der Waals surface area contributed by atoms with Crippen LogP contribution in [-0.4, -0.2) is 17.2 Å². The lowest BCUT2D eigenvalue weighted by Crippen LogP contribution is -2.23. The van der Waals surface area contributed by atoms with Crippen molar-refractivity contribution in [2.24, 2.45) is 0 Å². The second-order valence-electron chi connectivity index (χ2n) is 6.48. The zero-order chi connectivity index (χ0) is 17.9. The molecule has 0 saturated carbocycles. The second kappa shape index (κ2) is 18.1. The van der Waals surface area contributed by atoms with Crippen LogP contribution in [0.25, 0.3) is 0 Å². The normalized spacial score (nSPS) is 11.8. The predicted octanol–water partition coefficient (Wildman–Crippen LogP) is 5.74. The standard InChI is InChI=1S/C19H35NO4/c1-2-3-4-5-6-7-8-9-10-11-12-13-14-15-16-18(19(21)22)24-23-17-20/h18H,2-16H2,1H3,(H,21,22). The first-order chi connectivity index (χ1) is 11.7. The van der Waals surface area contributed by atoms with Crippen LogP contribution in [-0.2, 0) is 14.6 Å². The molecule has 1 N–H and O–H groups in total. The Morgan fingerprint density at radius 1 is 0.875 bits per heavy atom. The molecule has 0 bridgehead atoms. The van der Waals surface area contributed by atoms with Gasteiger partial charge in [0.1, 0.15) is 0 Å². The summed E-state index contributed by atoms with van der Waals surface area (Å²) >= 11 is 0. The van der Waals surface area contributed by atoms with Crippen molar-refractivity contribution in [3.63, 3.8) is 0 Å². The molecule has 0 aromatic heterocycles. The van der Waals surface area contributed by atoms with Gasteiger partial charge in [0.05, 0.1) is 0 Å². The molecule has 0 aliphatic heterocycles. The molecule has 5 nitrogen and oxygen atoms in total. The fourth-order valence-electron chi connectivity index (χ4n) is 2.82. The Bertz CT molecular complexity index is 328. The van der Waals surface area contributed by atoms with E-state index >= 15 is 0 Å². The molecule has 0 rings (SSSR count). The highest BCUT2D eigenvalue weighted by Crippen LogP contribution is 2.14. The lowest BCUT2D eigenvalue weighted by atomic mass is 10.0. The summed E-state index contributed by atoms with van der Waals surface area (Å²) in [4.78, 5) is 19.4. The largest absolute Gasteiger partial charge is 0.479 e. The Kier molecular flexibility index (Phi) is 17.1. The maximum Gasteiger partial charge on any atom is 0.337 e. The van der Waals surface area contributed by atoms with Crippen molar-refractivity contribution >= 4 is 5.97 Å². The van der Waals surface area contributed by atoms with Crippen molar-refractivity contribution in [3.05, 3.63) is 0 Å². The maximum atomic E-state index is 10.9. The number of nitrogens with zero attached hydrogens (tertiary/aromatic N) is 1. The fourth-order valence-corrected chi connectivity index (χ4v) is 2.82. The average Bonchev–Trinajstić information content (AvgIpc) is 2.57. The van der Waals surface area contributed by atoms with Crippen LogP contribution in [0.4, 0.5) is 0 Å². The topological polar surface area (TPSA) is 79.5 Å². The highest BCUT2D eigenvalue weighted by molar-refractivity contribution is 5.72. The quantitative estimate of drug-likeness (QED) is 0.149. The first-order valence-corrected chi connectivity index (χ1v) is 9.66. The molecule has 0 spiro atoms. The molecule has 5 heteroatoms. The summed E-state index contributed by atoms with van der Waals surface area (Å²) in [5.74, 6) is -1.08. The van der Waals surface area contributed by atoms with Gasteiger partial charge >= 0.3 is 12.2 Å². The molecule has 0 aliphatic rings. The smallest absolute Gasteiger partial charge is 0.337 e. The molecule has 0 aromatic rings. The molecule has 24 heavy (non-hydrogen) atoms. The third-order valence-electron chi connectivity index (χ3n) is 4.30. The molecule has 0 saturated heterocycles. The zero-order valence-electron chi connectivity index (χ0n) is 15.3. The monoisotopic (exact) mass is 341 g/mol. The summed E-state index contributed by atoms with van der Waals surface area (Å²) < 4.78 is 0. The predicted molar refractivity (Wildman–Crippen MR) is 94.1 cm³/mol. The second-order valence-corrected chi connectivity index (χ2v) is 6.48. The Morgan fingerprint density at radius 3 is 1.67 bits per heavy atom. The molecule has 0 aliphatic carbocycles. The summed E-state index contributed by atoms with van der Waals surface area (Å²) in [7, 11) is 0. The van der Waals surface area contributed by atoms with E-state index in [1.807, 2.05) is 0 Å². The van der Waals surface area contributed by atoms with Gasteiger partial charge in [0, 0.05) is 0 Å². The van der Waals surface area contributed by atoms with E-state index in [-0.39, 0.29) is 0 Å². The number of nitriles is 1. The van der Waals surface area contributed by atoms with Gasteiger partial charge in [0.2, 0.25) is 6.10 Å². The molecule has 1 unspecified atom stereocenters. The van der Waals surface area contributed by atoms with E-state index in [1.165, 1.54) is 76.9 Å². The van der Waals surface area contributed by atoms with E-state index in [0.717, 1.165) is 19.3 Å². The summed E-state index contributed by atoms with van der Waals surface area (Å²) in [6.07, 6.45) is 18.3. The lowest BCUT2D eigenvalue weighted by Gasteiger charge is -2.09. The van der Waals surface area contributed by atoms with Gasteiger partial charge in [-0.3, -0.25) is 4.89 Å². The molecule has 0 amide bonds. The molecular formula is C19H35NO4. The van der Waals surface area contributed by atoms with Crippen molar-refractivity contribution < 1.29 is 19.7 Å². The Hall–Kier alpha value is -1.28. The van der Waals surface area contributed by atoms with Crippen LogP contribution >= 0.6 is 0 Å². The van der Waals surface area contributed by atoms with Gasteiger partial charge in [0.15, 0.2) is 0 Å². The van der Waals surface area contributed by atoms with Gasteiger partial charge < -0.3 is 5.11 Å². The minimum atomic E-state index is -1.08. The van der Waals surface area contributed by atoms with Crippen LogP contribution in [0.2, 0.25) is 0 Å². The molecule has 140 valence electrons. The Labute approximate surface area is 147 Å². The van der Waals surface area contributed by atoms with E-state index in [1.54, 1.807) is 0 Å². The van der Waals surface area contributed by atoms with Crippen molar-refractivity contribution in [2.75, 3.05) is 0 Å². The van der Waals surface area contributed by atoms with Crippen molar-refractivity contribution in [3.8, 4) is 6.26 Å². The van der Waals surface area contributed by atoms with E-state index in [2.05, 4.69) is 16.7 Å². The van der Waals surface area contributed by atoms with Crippen LogP contribution in [0.5, 0.6) is 0 Å². The van der Waals surface area contributed by atoms with E-state index in [9.17, 15) is 4.79 Å². The number of hydrogen-bond donors (Lipinski definition) is 1. The van der Waals surface area contributed by atoms with Crippen molar-refractivity contribution in [1.29, 1.82) is 5.26 Å². The Balaban J connectivity index is 3.27. The Morgan fingerprint density at radius 2 is 1.29 bits per heavy atom. The zero-order valence-corrected chi connectivity index (χ0v) is 15.3. The number of aliphatic carboxylic acids is 1. The fraction of sp³-hybridized carbons (Fsp3) is 0.895. The summed E-state index contributed by atoms with van der Waals surface area (Å²) in [6.45, 7) is 2.25. The maximum absolute atomic E-state index is 10.9. The third kappa shape index (κ3) is 15.6. The first-order valence-electron chi connectivity index (χ1n) is 9.66. The van der Waals surface area contributed by atoms with Gasteiger partial charge in [-0.1, -0.05) is 96.8 Å². The van der Waals surface area contributed by atoms with Crippen LogP contribution in [0.15, 0.2) is 0 Å². The molecule has 1 atom stereocenters. The number of hydrogen-bond acceptors (Lipinski definition) is 4. The SMILES string of the molecule is CCCCCCCCCCCCCCCCC(OOC#N)C(=O)O. The first kappa shape index (κ1) is 22.7. The summed E-state index contributed by atoms with van der Waals surface area (Å²) in [5.41, 5.74) is 0. The summed E-state index contributed by atoms with van der Waals surface area (Å²) in [6, 6.07) is 0. The number of carboxylic acids is 1. The van der Waals surface area contributed by atoms with Crippen molar-refractivity contribution in [1.82, 2.24) is 0 Å². The molecule has 0 radical (unpaired) electrons. The van der Waals surface area contributed by atoms with E-state index < -0.39 is 12.1 Å². The number of rotatable bonds is 18. The van der Waals surface area contributed by atoms with Crippen LogP contribution in [0.3, 0.4) is 0 Å². The highest BCUT2D eigenvalue weighted by atomic mass is 17.2. The number of unbranched alkanes of at least 4 members (excludes halogenated alkanes) is 13. The van der Waals surface area contributed by atoms with Gasteiger partial charge in [-0.05, 0) is 6.42 Å². The van der Waals surface area contributed by atoms with Gasteiger partial charge in [-0.2, -0.15) is 4.89 Å². The molecule has 0 heterocycles. The van der Waals surface area contributed by atoms with Gasteiger partial charge in [-0.25, -0.2) is 4.79 Å². The van der Waals surface area contributed by atoms with Gasteiger partial charge in [-0.15, -0.1) is 5.26 Å². The average molecular weight is 341 g/mol. The number of carboxylic acid groups (broad SMARTS) is 1. The molecule has 0 aromatic carbocycles. The minimum absolute atomic E-state index is 0.384. The van der Waals surface area contributed by atoms with E-state index in [4.69, 9.17) is 10.4 Å². The molecular weight excluding hydrogens is 306 g/mol. The molecule has 0 fully saturated rings. The van der Waals surface area contributed by atoms with E-state index in [0.29, 0.717) is 6.42 Å². The third-order valence-corrected chi connectivity index (χ3v) is 4.30. The van der Waals surface area contributed by atoms with Crippen molar-refractivity contribution in [2.45, 2.75) is 109 Å². The van der Waals surface area contributed by atoms with Crippen LogP contribution < -0.4 is 0 Å². The van der Waals surface area contributed by atoms with Gasteiger partial charge in [0.25, 0.3) is 0 Å². The lowest BCUT2D eigenvalue weighted by molar-refractivity contribution is -0.273. The summed E-state index contributed by atoms with van der Waals surface area (Å²) in [5, 5.41) is 17.1. The minimum Gasteiger partial charge on any atom is -0.479 e. The van der Waals surface area contributed by atoms with Crippen LogP contribution in [0.1, 0.15) is 103 Å².